The predicted octanol–water partition coefficient (Wildman–Crippen LogP) is 11.4. The fraction of sp³-hybridized carbons (Fsp3) is 0.920. The van der Waals surface area contributed by atoms with Crippen molar-refractivity contribution in [3.05, 3.63) is 12.2 Å². The van der Waals surface area contributed by atoms with Gasteiger partial charge in [0.05, 0.1) is 6.61 Å². The second kappa shape index (κ2) is 40.6. The Morgan fingerprint density at radius 2 is 0.905 bits per heavy atom. The Morgan fingerprint density at radius 3 is 1.33 bits per heavy atom. The number of ether oxygens (including phenoxy) is 4. The number of carbonyl (C=O) groups is 2. The van der Waals surface area contributed by atoms with Crippen LogP contribution in [0.25, 0.3) is 0 Å². The molecular formula is C50H94O12S. The maximum atomic E-state index is 12.8. The maximum absolute atomic E-state index is 12.8. The quantitative estimate of drug-likeness (QED) is 0.0196. The minimum Gasteiger partial charge on any atom is -0.462 e. The van der Waals surface area contributed by atoms with Crippen molar-refractivity contribution in [2.75, 3.05) is 19.0 Å². The number of hydrogen-bond donors (Lipinski definition) is 4. The van der Waals surface area contributed by atoms with Crippen LogP contribution in [0.1, 0.15) is 239 Å². The van der Waals surface area contributed by atoms with E-state index in [1.54, 1.807) is 0 Å². The van der Waals surface area contributed by atoms with Gasteiger partial charge >= 0.3 is 11.9 Å². The lowest BCUT2D eigenvalue weighted by Gasteiger charge is -2.40. The zero-order valence-corrected chi connectivity index (χ0v) is 40.8. The number of esters is 2. The minimum absolute atomic E-state index is 0.158. The third-order valence-corrected chi connectivity index (χ3v) is 12.8. The Balaban J connectivity index is 2.32. The molecule has 1 saturated heterocycles. The number of rotatable bonds is 44. The molecule has 0 saturated carbocycles. The fourth-order valence-corrected chi connectivity index (χ4v) is 8.78. The molecule has 0 radical (unpaired) electrons. The first-order valence-electron chi connectivity index (χ1n) is 25.7. The third kappa shape index (κ3) is 35.3. The van der Waals surface area contributed by atoms with Crippen LogP contribution in [-0.2, 0) is 38.7 Å². The van der Waals surface area contributed by atoms with E-state index in [1.165, 1.54) is 141 Å². The number of aliphatic hydroxyl groups is 3. The van der Waals surface area contributed by atoms with Crippen LogP contribution in [0.5, 0.6) is 0 Å². The van der Waals surface area contributed by atoms with E-state index < -0.39 is 71.2 Å². The topological polar surface area (TPSA) is 186 Å². The number of unbranched alkanes of at least 4 members (excludes halogenated alkanes) is 30. The van der Waals surface area contributed by atoms with E-state index >= 15 is 0 Å². The van der Waals surface area contributed by atoms with Gasteiger partial charge in [-0.25, -0.2) is 0 Å². The van der Waals surface area contributed by atoms with Crippen molar-refractivity contribution in [2.24, 2.45) is 0 Å². The van der Waals surface area contributed by atoms with Gasteiger partial charge in [0.1, 0.15) is 36.8 Å². The van der Waals surface area contributed by atoms with Gasteiger partial charge in [-0.15, -0.1) is 0 Å². The van der Waals surface area contributed by atoms with Crippen molar-refractivity contribution in [3.8, 4) is 0 Å². The lowest BCUT2D eigenvalue weighted by atomic mass is 10.00. The SMILES string of the molecule is CCCCCC/C=C/CCCCCCCC(=O)O[C@H](COC(=O)CCCCCCCCCCCCCCCCCCCCCCCC)CO[C@H]1O[C@H](CS(=O)(=O)O)[C@@H](O)C(O)C1O. The van der Waals surface area contributed by atoms with Crippen LogP contribution < -0.4 is 0 Å². The van der Waals surface area contributed by atoms with E-state index in [0.29, 0.717) is 12.8 Å². The molecule has 1 aliphatic heterocycles. The second-order valence-corrected chi connectivity index (χ2v) is 19.7. The molecule has 0 amide bonds. The highest BCUT2D eigenvalue weighted by Crippen LogP contribution is 2.24. The van der Waals surface area contributed by atoms with E-state index in [0.717, 1.165) is 57.8 Å². The lowest BCUT2D eigenvalue weighted by Crippen LogP contribution is -2.60. The van der Waals surface area contributed by atoms with Crippen LogP contribution in [-0.4, -0.2) is 96.0 Å². The summed E-state index contributed by atoms with van der Waals surface area (Å²) < 4.78 is 54.2. The lowest BCUT2D eigenvalue weighted by molar-refractivity contribution is -0.297. The summed E-state index contributed by atoms with van der Waals surface area (Å²) in [4.78, 5) is 25.5. The van der Waals surface area contributed by atoms with Gasteiger partial charge < -0.3 is 34.3 Å². The average molecular weight is 919 g/mol. The summed E-state index contributed by atoms with van der Waals surface area (Å²) >= 11 is 0. The van der Waals surface area contributed by atoms with E-state index in [9.17, 15) is 37.9 Å². The molecule has 4 N–H and O–H groups in total. The zero-order valence-electron chi connectivity index (χ0n) is 40.0. The number of hydrogen-bond acceptors (Lipinski definition) is 11. The molecule has 0 aliphatic carbocycles. The number of carbonyl (C=O) groups excluding carboxylic acids is 2. The third-order valence-electron chi connectivity index (χ3n) is 12.1. The Labute approximate surface area is 384 Å². The average Bonchev–Trinajstić information content (AvgIpc) is 3.25. The summed E-state index contributed by atoms with van der Waals surface area (Å²) in [5.74, 6) is -1.98. The molecule has 12 nitrogen and oxygen atoms in total. The summed E-state index contributed by atoms with van der Waals surface area (Å²) in [6.45, 7) is 3.77. The molecular weight excluding hydrogens is 825 g/mol. The van der Waals surface area contributed by atoms with Gasteiger partial charge in [-0.3, -0.25) is 14.1 Å². The normalized spacial score (nSPS) is 19.7. The van der Waals surface area contributed by atoms with Crippen molar-refractivity contribution in [2.45, 2.75) is 275 Å². The molecule has 0 bridgehead atoms. The molecule has 1 fully saturated rings. The van der Waals surface area contributed by atoms with Gasteiger partial charge in [-0.2, -0.15) is 8.42 Å². The van der Waals surface area contributed by atoms with Gasteiger partial charge in [0.2, 0.25) is 0 Å². The van der Waals surface area contributed by atoms with Crippen molar-refractivity contribution in [1.82, 2.24) is 0 Å². The molecule has 6 atom stereocenters. The van der Waals surface area contributed by atoms with Gasteiger partial charge in [0.25, 0.3) is 10.1 Å². The first kappa shape index (κ1) is 59.4. The van der Waals surface area contributed by atoms with E-state index in [2.05, 4.69) is 26.0 Å². The second-order valence-electron chi connectivity index (χ2n) is 18.2. The van der Waals surface area contributed by atoms with Crippen molar-refractivity contribution >= 4 is 22.1 Å². The molecule has 13 heteroatoms. The van der Waals surface area contributed by atoms with Gasteiger partial charge in [0.15, 0.2) is 12.4 Å². The predicted molar refractivity (Wildman–Crippen MR) is 252 cm³/mol. The molecule has 1 heterocycles. The Hall–Kier alpha value is -1.61. The number of allylic oxidation sites excluding steroid dienone is 2. The summed E-state index contributed by atoms with van der Waals surface area (Å²) in [6, 6.07) is 0. The molecule has 0 aromatic rings. The summed E-state index contributed by atoms with van der Waals surface area (Å²) in [5.41, 5.74) is 0. The minimum atomic E-state index is -4.60. The molecule has 0 spiro atoms. The fourth-order valence-electron chi connectivity index (χ4n) is 8.09. The first-order chi connectivity index (χ1) is 30.5. The van der Waals surface area contributed by atoms with Crippen LogP contribution in [0, 0.1) is 0 Å². The van der Waals surface area contributed by atoms with Crippen LogP contribution >= 0.6 is 0 Å². The molecule has 2 unspecified atom stereocenters. The zero-order chi connectivity index (χ0) is 46.2. The van der Waals surface area contributed by atoms with E-state index in [4.69, 9.17) is 18.9 Å². The molecule has 1 aliphatic rings. The standard InChI is InChI=1S/C50H94O12S/c1-3-5-7-9-11-13-15-17-18-19-20-21-22-23-24-25-27-28-30-32-34-36-38-45(51)59-40-43(41-60-50-49(55)48(54)47(53)44(62-50)42-63(56,57)58)61-46(52)39-37-35-33-31-29-26-16-14-12-10-8-6-4-2/h14,16,43-44,47-50,53-55H,3-13,15,17-42H2,1-2H3,(H,56,57,58)/b16-14+/t43-,44-,47-,48?,49?,50+/m1/s1. The monoisotopic (exact) mass is 919 g/mol. The van der Waals surface area contributed by atoms with Gasteiger partial charge in [-0.05, 0) is 38.5 Å². The van der Waals surface area contributed by atoms with E-state index in [-0.39, 0.29) is 19.4 Å². The van der Waals surface area contributed by atoms with Crippen LogP contribution in [0.2, 0.25) is 0 Å². The van der Waals surface area contributed by atoms with Crippen molar-refractivity contribution in [3.63, 3.8) is 0 Å². The highest BCUT2D eigenvalue weighted by atomic mass is 32.2. The first-order valence-corrected chi connectivity index (χ1v) is 27.4. The van der Waals surface area contributed by atoms with Gasteiger partial charge in [-0.1, -0.05) is 199 Å². The maximum Gasteiger partial charge on any atom is 0.306 e. The van der Waals surface area contributed by atoms with Crippen LogP contribution in [0.3, 0.4) is 0 Å². The molecule has 1 rings (SSSR count). The summed E-state index contributed by atoms with van der Waals surface area (Å²) in [5, 5.41) is 30.9. The molecule has 372 valence electrons. The van der Waals surface area contributed by atoms with E-state index in [1.807, 2.05) is 0 Å². The molecule has 0 aromatic heterocycles. The highest BCUT2D eigenvalue weighted by molar-refractivity contribution is 7.85. The summed E-state index contributed by atoms with van der Waals surface area (Å²) in [7, 11) is -4.60. The smallest absolute Gasteiger partial charge is 0.306 e. The van der Waals surface area contributed by atoms with Crippen molar-refractivity contribution in [1.29, 1.82) is 0 Å². The number of aliphatic hydroxyl groups excluding tert-OH is 3. The Bertz CT molecular complexity index is 1210. The van der Waals surface area contributed by atoms with Crippen LogP contribution in [0.4, 0.5) is 0 Å². The van der Waals surface area contributed by atoms with Crippen molar-refractivity contribution < 1.29 is 56.8 Å². The largest absolute Gasteiger partial charge is 0.462 e. The Morgan fingerprint density at radius 1 is 0.524 bits per heavy atom. The molecule has 0 aromatic carbocycles. The van der Waals surface area contributed by atoms with Gasteiger partial charge in [0, 0.05) is 12.8 Å². The molecule has 63 heavy (non-hydrogen) atoms. The highest BCUT2D eigenvalue weighted by Gasteiger charge is 2.46. The van der Waals surface area contributed by atoms with Crippen LogP contribution in [0.15, 0.2) is 12.2 Å². The summed E-state index contributed by atoms with van der Waals surface area (Å²) in [6.07, 6.45) is 35.5. The Kier molecular flexibility index (Phi) is 38.3.